The van der Waals surface area contributed by atoms with Crippen molar-refractivity contribution in [3.05, 3.63) is 119 Å². The molecule has 0 bridgehead atoms. The summed E-state index contributed by atoms with van der Waals surface area (Å²) in [5.41, 5.74) is 12.0. The molecule has 2 atom stereocenters. The predicted octanol–water partition coefficient (Wildman–Crippen LogP) is 9.51. The van der Waals surface area contributed by atoms with Gasteiger partial charge in [0.1, 0.15) is 5.60 Å². The van der Waals surface area contributed by atoms with Crippen LogP contribution >= 0.6 is 23.2 Å². The number of nitrogens with one attached hydrogen (secondary N) is 1. The number of carbonyl (C=O) groups is 1. The Labute approximate surface area is 284 Å². The Hall–Kier alpha value is -4.63. The molecule has 240 valence electrons. The van der Waals surface area contributed by atoms with Crippen molar-refractivity contribution in [3.8, 4) is 22.5 Å². The molecular weight excluding hydrogens is 631 g/mol. The van der Waals surface area contributed by atoms with Crippen molar-refractivity contribution in [3.63, 3.8) is 0 Å². The van der Waals surface area contributed by atoms with Gasteiger partial charge in [0.15, 0.2) is 0 Å². The molecule has 1 amide bonds. The number of pyridine rings is 4. The quantitative estimate of drug-likeness (QED) is 0.188. The third-order valence-electron chi connectivity index (χ3n) is 7.13. The summed E-state index contributed by atoms with van der Waals surface area (Å²) in [4.78, 5) is 30.5. The minimum atomic E-state index is -0.571. The van der Waals surface area contributed by atoms with Crippen LogP contribution in [-0.2, 0) is 4.74 Å². The van der Waals surface area contributed by atoms with E-state index >= 15 is 0 Å². The zero-order valence-electron chi connectivity index (χ0n) is 26.8. The van der Waals surface area contributed by atoms with Gasteiger partial charge < -0.3 is 15.8 Å². The van der Waals surface area contributed by atoms with Crippen molar-refractivity contribution in [1.82, 2.24) is 25.3 Å². The van der Waals surface area contributed by atoms with Gasteiger partial charge in [-0.3, -0.25) is 15.0 Å². The van der Waals surface area contributed by atoms with E-state index in [0.717, 1.165) is 50.0 Å². The average Bonchev–Trinajstić information content (AvgIpc) is 3.04. The lowest BCUT2D eigenvalue weighted by Gasteiger charge is -2.23. The van der Waals surface area contributed by atoms with Gasteiger partial charge in [-0.25, -0.2) is 9.78 Å². The maximum absolute atomic E-state index is 12.2. The molecule has 0 aliphatic carbocycles. The third-order valence-corrected chi connectivity index (χ3v) is 7.79. The lowest BCUT2D eigenvalue weighted by atomic mass is 10.0. The summed E-state index contributed by atoms with van der Waals surface area (Å²) < 4.78 is 5.37. The Morgan fingerprint density at radius 3 is 1.68 bits per heavy atom. The minimum Gasteiger partial charge on any atom is -0.444 e. The number of aromatic nitrogens is 4. The van der Waals surface area contributed by atoms with Crippen molar-refractivity contribution >= 4 is 51.1 Å². The van der Waals surface area contributed by atoms with E-state index in [1.165, 1.54) is 0 Å². The van der Waals surface area contributed by atoms with E-state index in [0.29, 0.717) is 15.7 Å². The monoisotopic (exact) mass is 666 g/mol. The molecule has 2 unspecified atom stereocenters. The average molecular weight is 668 g/mol. The molecule has 0 aliphatic rings. The number of carbonyl (C=O) groups excluding carboxylic acids is 1. The van der Waals surface area contributed by atoms with Gasteiger partial charge in [-0.1, -0.05) is 47.5 Å². The molecule has 4 heterocycles. The van der Waals surface area contributed by atoms with Crippen LogP contribution in [0.25, 0.3) is 44.3 Å². The fraction of sp³-hybridized carbons (Fsp3) is 0.216. The second-order valence-electron chi connectivity index (χ2n) is 12.0. The van der Waals surface area contributed by atoms with Crippen molar-refractivity contribution < 1.29 is 9.53 Å². The fourth-order valence-electron chi connectivity index (χ4n) is 5.03. The maximum Gasteiger partial charge on any atom is 0.408 e. The van der Waals surface area contributed by atoms with Gasteiger partial charge >= 0.3 is 6.09 Å². The van der Waals surface area contributed by atoms with Crippen LogP contribution in [0.5, 0.6) is 0 Å². The van der Waals surface area contributed by atoms with E-state index in [2.05, 4.69) is 20.3 Å². The zero-order valence-corrected chi connectivity index (χ0v) is 28.3. The molecule has 2 aromatic carbocycles. The first kappa shape index (κ1) is 33.7. The number of fused-ring (bicyclic) bond motifs is 2. The summed E-state index contributed by atoms with van der Waals surface area (Å²) in [6.45, 7) is 9.27. The number of hydrogen-bond donors (Lipinski definition) is 2. The number of alkyl carbamates (subject to hydrolysis) is 1. The van der Waals surface area contributed by atoms with Crippen LogP contribution in [0.4, 0.5) is 4.79 Å². The third kappa shape index (κ3) is 8.21. The first-order valence-corrected chi connectivity index (χ1v) is 15.9. The topological polar surface area (TPSA) is 116 Å². The van der Waals surface area contributed by atoms with E-state index in [1.54, 1.807) is 12.4 Å². The van der Waals surface area contributed by atoms with E-state index in [-0.39, 0.29) is 12.1 Å². The molecular formula is C37H36Cl2N6O2. The van der Waals surface area contributed by atoms with Gasteiger partial charge in [0, 0.05) is 50.4 Å². The zero-order chi connectivity index (χ0) is 33.7. The van der Waals surface area contributed by atoms with E-state index in [1.807, 2.05) is 120 Å². The molecule has 47 heavy (non-hydrogen) atoms. The summed E-state index contributed by atoms with van der Waals surface area (Å²) in [6.07, 6.45) is 2.99. The Bertz CT molecular complexity index is 2020. The lowest BCUT2D eigenvalue weighted by molar-refractivity contribution is 0.0507. The number of hydrogen-bond acceptors (Lipinski definition) is 7. The number of halogens is 2. The van der Waals surface area contributed by atoms with Crippen molar-refractivity contribution in [2.45, 2.75) is 52.3 Å². The SMILES string of the molecule is CC(N)c1nc2cccc(Cl)c2cc1-c1ccccn1.CC(NC(=O)OC(C)(C)C)c1nc2cccc(Cl)c2cc1-c1ccccn1. The molecule has 0 radical (unpaired) electrons. The van der Waals surface area contributed by atoms with E-state index in [9.17, 15) is 4.79 Å². The van der Waals surface area contributed by atoms with E-state index in [4.69, 9.17) is 38.7 Å². The maximum atomic E-state index is 12.2. The van der Waals surface area contributed by atoms with Crippen LogP contribution in [0.2, 0.25) is 10.0 Å². The van der Waals surface area contributed by atoms with Crippen LogP contribution in [0, 0.1) is 0 Å². The summed E-state index contributed by atoms with van der Waals surface area (Å²) in [7, 11) is 0. The molecule has 6 rings (SSSR count). The first-order chi connectivity index (χ1) is 22.4. The van der Waals surface area contributed by atoms with Crippen LogP contribution < -0.4 is 11.1 Å². The van der Waals surface area contributed by atoms with Gasteiger partial charge in [0.2, 0.25) is 0 Å². The Balaban J connectivity index is 0.000000193. The summed E-state index contributed by atoms with van der Waals surface area (Å²) in [5.74, 6) is 0. The number of benzene rings is 2. The molecule has 4 aromatic heterocycles. The largest absolute Gasteiger partial charge is 0.444 e. The number of amides is 1. The Morgan fingerprint density at radius 1 is 0.745 bits per heavy atom. The normalized spacial score (nSPS) is 12.6. The fourth-order valence-corrected chi connectivity index (χ4v) is 5.48. The van der Waals surface area contributed by atoms with Gasteiger partial charge in [0.25, 0.3) is 0 Å². The molecule has 0 saturated heterocycles. The molecule has 8 nitrogen and oxygen atoms in total. The summed E-state index contributed by atoms with van der Waals surface area (Å²) >= 11 is 12.6. The second kappa shape index (κ2) is 14.4. The van der Waals surface area contributed by atoms with Gasteiger partial charge in [-0.15, -0.1) is 0 Å². The van der Waals surface area contributed by atoms with Crippen LogP contribution in [0.15, 0.2) is 97.3 Å². The number of rotatable bonds is 5. The molecule has 0 saturated carbocycles. The van der Waals surface area contributed by atoms with Crippen molar-refractivity contribution in [1.29, 1.82) is 0 Å². The number of nitrogens with zero attached hydrogens (tertiary/aromatic N) is 4. The highest BCUT2D eigenvalue weighted by molar-refractivity contribution is 6.35. The standard InChI is InChI=1S/C21H22ClN3O2.C16H14ClN3/c1-13(24-20(26)27-21(2,3)4)19-15(17-9-5-6-11-23-17)12-14-16(22)8-7-10-18(14)25-19;1-10(18)16-12(14-6-2-3-8-19-14)9-11-13(17)5-4-7-15(11)20-16/h5-13H,1-4H3,(H,24,26);2-10H,18H2,1H3. The molecule has 6 aromatic rings. The number of ether oxygens (including phenoxy) is 1. The second-order valence-corrected chi connectivity index (χ2v) is 12.9. The van der Waals surface area contributed by atoms with Crippen molar-refractivity contribution in [2.75, 3.05) is 0 Å². The van der Waals surface area contributed by atoms with Crippen LogP contribution in [0.3, 0.4) is 0 Å². The molecule has 10 heteroatoms. The Morgan fingerprint density at radius 2 is 1.23 bits per heavy atom. The van der Waals surface area contributed by atoms with Crippen molar-refractivity contribution in [2.24, 2.45) is 5.73 Å². The summed E-state index contributed by atoms with van der Waals surface area (Å²) in [5, 5.41) is 5.92. The van der Waals surface area contributed by atoms with Crippen LogP contribution in [-0.4, -0.2) is 31.6 Å². The Kier molecular flexibility index (Phi) is 10.3. The van der Waals surface area contributed by atoms with E-state index < -0.39 is 11.7 Å². The first-order valence-electron chi connectivity index (χ1n) is 15.2. The highest BCUT2D eigenvalue weighted by Gasteiger charge is 2.22. The highest BCUT2D eigenvalue weighted by Crippen LogP contribution is 2.33. The minimum absolute atomic E-state index is 0.171. The van der Waals surface area contributed by atoms with Gasteiger partial charge in [-0.2, -0.15) is 0 Å². The highest BCUT2D eigenvalue weighted by atomic mass is 35.5. The van der Waals surface area contributed by atoms with Gasteiger partial charge in [-0.05, 0) is 95.3 Å². The molecule has 0 spiro atoms. The van der Waals surface area contributed by atoms with Crippen LogP contribution in [0.1, 0.15) is 58.1 Å². The number of nitrogens with two attached hydrogens (primary N) is 1. The molecule has 0 aliphatic heterocycles. The molecule has 3 N–H and O–H groups in total. The summed E-state index contributed by atoms with van der Waals surface area (Å²) in [6, 6.07) is 26.2. The predicted molar refractivity (Wildman–Crippen MR) is 190 cm³/mol. The smallest absolute Gasteiger partial charge is 0.408 e. The lowest BCUT2D eigenvalue weighted by Crippen LogP contribution is -2.34. The van der Waals surface area contributed by atoms with Gasteiger partial charge in [0.05, 0.1) is 39.9 Å². The molecule has 0 fully saturated rings.